The van der Waals surface area contributed by atoms with Gasteiger partial charge in [-0.25, -0.2) is 0 Å². The van der Waals surface area contributed by atoms with Crippen LogP contribution in [0, 0.1) is 417 Å². The summed E-state index contributed by atoms with van der Waals surface area (Å²) in [5.74, 6) is 2.28. The van der Waals surface area contributed by atoms with Gasteiger partial charge < -0.3 is 0 Å². The van der Waals surface area contributed by atoms with E-state index < -0.39 is 0 Å². The Morgan fingerprint density at radius 2 is 0.526 bits per heavy atom. The number of aryl methyl sites for hydroxylation is 4. The van der Waals surface area contributed by atoms with Crippen molar-refractivity contribution in [1.82, 2.24) is 0 Å². The number of rotatable bonds is 1. The number of hydrogen-bond acceptors (Lipinski definition) is 0. The molecule has 0 nitrogen and oxygen atoms in total. The molecule has 0 heterocycles. The van der Waals surface area contributed by atoms with Crippen LogP contribution in [0.25, 0.3) is 0 Å². The smallest absolute Gasteiger partial charge is 0 e. The van der Waals surface area contributed by atoms with Gasteiger partial charge in [-0.1, -0.05) is 113 Å². The van der Waals surface area contributed by atoms with E-state index in [-0.39, 0.29) is 377 Å². The van der Waals surface area contributed by atoms with Gasteiger partial charge in [-0.05, 0) is 61.8 Å². The summed E-state index contributed by atoms with van der Waals surface area (Å²) in [6, 6.07) is 16.7. The fourth-order valence-corrected chi connectivity index (χ4v) is 4.54. The van der Waals surface area contributed by atoms with Crippen molar-refractivity contribution >= 4 is 0 Å². The van der Waals surface area contributed by atoms with Gasteiger partial charge in [-0.2, -0.15) is 0 Å². The van der Waals surface area contributed by atoms with Crippen molar-refractivity contribution in [2.24, 2.45) is 11.8 Å². The molecule has 38 heavy (non-hydrogen) atoms. The maximum atomic E-state index is 2.12. The first kappa shape index (κ1) is 70.6. The molecule has 2 aliphatic rings. The van der Waals surface area contributed by atoms with E-state index in [1.165, 1.54) is 60.8 Å². The van der Waals surface area contributed by atoms with E-state index >= 15 is 0 Å². The molecule has 0 radical (unpaired) electrons. The molecule has 234 valence electrons. The van der Waals surface area contributed by atoms with Gasteiger partial charge in [0.15, 0.2) is 0 Å². The third-order valence-electron chi connectivity index (χ3n) is 6.82. The van der Waals surface area contributed by atoms with Crippen molar-refractivity contribution in [2.45, 2.75) is 91.9 Å². The van der Waals surface area contributed by atoms with Crippen molar-refractivity contribution in [1.29, 1.82) is 0 Å². The maximum absolute atomic E-state index is 2.12. The molecule has 0 aliphatic heterocycles. The average molecular weight is 778 g/mol. The second-order valence-electron chi connectivity index (χ2n) is 8.96. The summed E-state index contributed by atoms with van der Waals surface area (Å²) < 4.78 is 0. The Labute approximate surface area is 535 Å². The van der Waals surface area contributed by atoms with E-state index in [0.29, 0.717) is 0 Å². The van der Waals surface area contributed by atoms with Crippen LogP contribution in [0.1, 0.15) is 86.5 Å². The molecule has 2 saturated carbocycles. The molecule has 0 bridgehead atoms. The summed E-state index contributed by atoms with van der Waals surface area (Å²) in [5.41, 5.74) is 5.47. The van der Waals surface area contributed by atoms with Crippen LogP contribution in [-0.4, -0.2) is 0 Å². The van der Waals surface area contributed by atoms with Crippen LogP contribution in [0.15, 0.2) is 48.5 Å². The minimum absolute atomic E-state index is 0. The largest absolute Gasteiger partial charge is 0.0620 e. The quantitative estimate of drug-likeness (QED) is 0.272. The summed E-state index contributed by atoms with van der Waals surface area (Å²) >= 11 is 0. The summed E-state index contributed by atoms with van der Waals surface area (Å²) in [7, 11) is 0. The van der Waals surface area contributed by atoms with Crippen LogP contribution in [0.2, 0.25) is 0 Å². The number of hydrogen-bond donors (Lipinski definition) is 0. The van der Waals surface area contributed by atoms with Crippen molar-refractivity contribution in [2.75, 3.05) is 0 Å². The molecule has 2 aromatic rings. The molecule has 4 rings (SSSR count). The van der Waals surface area contributed by atoms with E-state index in [0.717, 1.165) is 11.8 Å². The summed E-state index contributed by atoms with van der Waals surface area (Å²) in [6.07, 6.45) is 15.4. The molecule has 0 saturated heterocycles. The summed E-state index contributed by atoms with van der Waals surface area (Å²) in [6.45, 7) is 8.48. The first-order chi connectivity index (χ1) is 13.6. The molecule has 2 aliphatic carbocycles. The Hall–Kier alpha value is 11.0. The van der Waals surface area contributed by atoms with Crippen LogP contribution in [0.3, 0.4) is 0 Å². The van der Waals surface area contributed by atoms with Gasteiger partial charge in [0.05, 0.1) is 0 Å². The fraction of sp³-hybridized carbons (Fsp3) is 0.571. The zero-order valence-corrected chi connectivity index (χ0v) is 29.5. The normalized spacial score (nSPS) is 13.1. The van der Waals surface area contributed by atoms with Gasteiger partial charge in [-0.15, -0.1) is 0 Å². The zero-order valence-electron chi connectivity index (χ0n) is 22.4. The summed E-state index contributed by atoms with van der Waals surface area (Å²) in [5, 5.41) is 0. The predicted octanol–water partition coefficient (Wildman–Crippen LogP) is 8.75. The maximum Gasteiger partial charge on any atom is 0 e. The van der Waals surface area contributed by atoms with Crippen LogP contribution in [0.5, 0.6) is 0 Å². The third-order valence-corrected chi connectivity index (χ3v) is 6.82. The van der Waals surface area contributed by atoms with E-state index in [9.17, 15) is 0 Å². The molecular formula is C28H42Ar10. The zero-order chi connectivity index (χ0) is 20.2. The van der Waals surface area contributed by atoms with Crippen molar-refractivity contribution in [3.8, 4) is 0 Å². The topological polar surface area (TPSA) is 0 Å². The van der Waals surface area contributed by atoms with E-state index in [1.54, 1.807) is 25.7 Å². The average Bonchev–Trinajstić information content (AvgIpc) is 2.75. The standard InChI is InChI=1S/C12H22.2C8H10.10Ar/c1-3-7-11(8-4-1)12-9-5-2-6-10-12;2*1-7-5-3-4-6-8(7)2;;;;;;;;;;/h11-12H,1-10H2;2*3-6H,1-2H3;;;;;;;;;;. The molecule has 0 atom stereocenters. The van der Waals surface area contributed by atoms with Gasteiger partial charge >= 0.3 is 0 Å². The second kappa shape index (κ2) is 48.0. The van der Waals surface area contributed by atoms with E-state index in [1.807, 2.05) is 0 Å². The Kier molecular flexibility index (Phi) is 89.2. The molecule has 0 N–H and O–H groups in total. The third kappa shape index (κ3) is 35.4. The van der Waals surface area contributed by atoms with Crippen molar-refractivity contribution in [3.05, 3.63) is 70.8 Å². The molecule has 0 amide bonds. The predicted molar refractivity (Wildman–Crippen MR) is 125 cm³/mol. The van der Waals surface area contributed by atoms with Gasteiger partial charge in [0.25, 0.3) is 0 Å². The Morgan fingerprint density at radius 1 is 0.342 bits per heavy atom. The molecule has 0 spiro atoms. The first-order valence-corrected chi connectivity index (χ1v) is 11.6. The number of benzene rings is 2. The minimum atomic E-state index is 0. The Bertz CT molecular complexity index is 587. The molecule has 0 aromatic heterocycles. The molecule has 2 aromatic carbocycles. The van der Waals surface area contributed by atoms with Gasteiger partial charge in [-0.3, -0.25) is 0 Å². The monoisotopic (exact) mass is 778 g/mol. The van der Waals surface area contributed by atoms with Crippen LogP contribution < -0.4 is 0 Å². The van der Waals surface area contributed by atoms with Crippen molar-refractivity contribution in [3.63, 3.8) is 0 Å². The van der Waals surface area contributed by atoms with Gasteiger partial charge in [0.2, 0.25) is 0 Å². The van der Waals surface area contributed by atoms with Crippen LogP contribution >= 0.6 is 0 Å². The summed E-state index contributed by atoms with van der Waals surface area (Å²) in [4.78, 5) is 0. The SMILES string of the molecule is C1CCC(C2CCCCC2)CC1.Cc1ccccc1C.Cc1ccccc1C.[Ar].[Ar].[Ar].[Ar].[Ar].[Ar].[Ar].[Ar].[Ar].[Ar]. The minimum Gasteiger partial charge on any atom is -0.0620 e. The molecule has 0 unspecified atom stereocenters. The molecule has 2 fully saturated rings. The second-order valence-corrected chi connectivity index (χ2v) is 8.96. The Balaban J connectivity index is -0.0000000428. The molecular weight excluding hydrogens is 736 g/mol. The van der Waals surface area contributed by atoms with E-state index in [4.69, 9.17) is 0 Å². The first-order valence-electron chi connectivity index (χ1n) is 11.6. The van der Waals surface area contributed by atoms with Crippen LogP contribution in [0.4, 0.5) is 0 Å². The fourth-order valence-electron chi connectivity index (χ4n) is 4.54. The van der Waals surface area contributed by atoms with Crippen LogP contribution in [-0.2, 0) is 0 Å². The Morgan fingerprint density at radius 3 is 0.684 bits per heavy atom. The van der Waals surface area contributed by atoms with Gasteiger partial charge in [0.1, 0.15) is 0 Å². The molecule has 10 heteroatoms. The van der Waals surface area contributed by atoms with Gasteiger partial charge in [0, 0.05) is 377 Å². The van der Waals surface area contributed by atoms with Crippen molar-refractivity contribution < 1.29 is 377 Å². The van der Waals surface area contributed by atoms with E-state index in [2.05, 4.69) is 76.2 Å².